The molecule has 0 saturated carbocycles. The number of rotatable bonds is 8. The molecule has 1 saturated heterocycles. The number of aliphatic imine (C=N–C) groups is 1. The van der Waals surface area contributed by atoms with Gasteiger partial charge in [-0.2, -0.15) is 0 Å². The van der Waals surface area contributed by atoms with Crippen LogP contribution in [0.4, 0.5) is 0 Å². The minimum atomic E-state index is -0.283. The van der Waals surface area contributed by atoms with Gasteiger partial charge in [0.25, 0.3) is 0 Å². The van der Waals surface area contributed by atoms with Gasteiger partial charge in [-0.25, -0.2) is 0 Å². The fourth-order valence-electron chi connectivity index (χ4n) is 3.20. The van der Waals surface area contributed by atoms with Gasteiger partial charge in [-0.3, -0.25) is 4.99 Å². The van der Waals surface area contributed by atoms with Crippen LogP contribution >= 0.6 is 0 Å². The third-order valence-corrected chi connectivity index (χ3v) is 5.26. The van der Waals surface area contributed by atoms with Crippen LogP contribution in [0.2, 0.25) is 0 Å². The molecule has 0 aliphatic carbocycles. The molecule has 2 N–H and O–H groups in total. The highest BCUT2D eigenvalue weighted by atomic mass is 16.5. The second-order valence-corrected chi connectivity index (χ2v) is 7.63. The molecule has 1 aromatic carbocycles. The second-order valence-electron chi connectivity index (χ2n) is 7.63. The molecule has 0 aromatic heterocycles. The Labute approximate surface area is 163 Å². The molecule has 0 spiro atoms. The summed E-state index contributed by atoms with van der Waals surface area (Å²) in [6, 6.07) is 8.41. The van der Waals surface area contributed by atoms with E-state index in [0.717, 1.165) is 50.9 Å². The van der Waals surface area contributed by atoms with Crippen LogP contribution in [0.1, 0.15) is 39.2 Å². The lowest BCUT2D eigenvalue weighted by Crippen LogP contribution is -2.48. The van der Waals surface area contributed by atoms with E-state index in [1.807, 2.05) is 26.0 Å². The van der Waals surface area contributed by atoms with Crippen molar-refractivity contribution in [1.82, 2.24) is 10.6 Å². The van der Waals surface area contributed by atoms with Gasteiger partial charge < -0.3 is 24.8 Å². The van der Waals surface area contributed by atoms with Gasteiger partial charge in [-0.1, -0.05) is 12.1 Å². The van der Waals surface area contributed by atoms with Crippen molar-refractivity contribution in [3.63, 3.8) is 0 Å². The molecule has 2 rings (SSSR count). The number of nitrogens with one attached hydrogen (secondary N) is 2. The Morgan fingerprint density at radius 3 is 2.37 bits per heavy atom. The van der Waals surface area contributed by atoms with Crippen molar-refractivity contribution < 1.29 is 14.2 Å². The summed E-state index contributed by atoms with van der Waals surface area (Å²) in [6.45, 7) is 9.93. The zero-order valence-electron chi connectivity index (χ0n) is 17.4. The number of methoxy groups -OCH3 is 2. The molecule has 1 heterocycles. The summed E-state index contributed by atoms with van der Waals surface area (Å²) >= 11 is 0. The summed E-state index contributed by atoms with van der Waals surface area (Å²) in [7, 11) is 3.41. The predicted molar refractivity (Wildman–Crippen MR) is 110 cm³/mol. The number of ether oxygens (including phenoxy) is 3. The standard InChI is InChI=1S/C21H35N3O3/c1-6-22-19(23-15-20(2,3)26-5)24-16-21(11-13-27-14-12-21)17-7-9-18(25-4)10-8-17/h7-10H,6,11-16H2,1-5H3,(H2,22,23,24). The van der Waals surface area contributed by atoms with Gasteiger partial charge >= 0.3 is 0 Å². The molecular formula is C21H35N3O3. The van der Waals surface area contributed by atoms with Crippen molar-refractivity contribution in [2.24, 2.45) is 4.99 Å². The van der Waals surface area contributed by atoms with Crippen molar-refractivity contribution in [2.75, 3.05) is 47.1 Å². The summed E-state index contributed by atoms with van der Waals surface area (Å²) in [5.74, 6) is 1.70. The first-order valence-electron chi connectivity index (χ1n) is 9.74. The van der Waals surface area contributed by atoms with Crippen LogP contribution in [-0.4, -0.2) is 58.6 Å². The molecule has 0 unspecified atom stereocenters. The second kappa shape index (κ2) is 9.95. The first-order chi connectivity index (χ1) is 12.9. The average Bonchev–Trinajstić information content (AvgIpc) is 2.71. The van der Waals surface area contributed by atoms with Gasteiger partial charge in [0, 0.05) is 38.8 Å². The van der Waals surface area contributed by atoms with E-state index >= 15 is 0 Å². The fourth-order valence-corrected chi connectivity index (χ4v) is 3.20. The molecule has 1 aliphatic heterocycles. The molecule has 27 heavy (non-hydrogen) atoms. The molecule has 0 amide bonds. The normalized spacial score (nSPS) is 17.4. The first kappa shape index (κ1) is 21.5. The Balaban J connectivity index is 2.15. The van der Waals surface area contributed by atoms with Crippen molar-refractivity contribution in [3.8, 4) is 5.75 Å². The molecule has 6 heteroatoms. The van der Waals surface area contributed by atoms with Crippen LogP contribution in [0, 0.1) is 0 Å². The van der Waals surface area contributed by atoms with E-state index in [1.54, 1.807) is 14.2 Å². The summed E-state index contributed by atoms with van der Waals surface area (Å²) in [5, 5.41) is 6.89. The van der Waals surface area contributed by atoms with Crippen LogP contribution < -0.4 is 15.4 Å². The first-order valence-corrected chi connectivity index (χ1v) is 9.74. The van der Waals surface area contributed by atoms with E-state index in [2.05, 4.69) is 29.7 Å². The quantitative estimate of drug-likeness (QED) is 0.539. The van der Waals surface area contributed by atoms with Crippen LogP contribution in [0.5, 0.6) is 5.75 Å². The Morgan fingerprint density at radius 1 is 1.15 bits per heavy atom. The summed E-state index contributed by atoms with van der Waals surface area (Å²) in [6.07, 6.45) is 1.96. The maximum atomic E-state index is 5.64. The van der Waals surface area contributed by atoms with E-state index in [0.29, 0.717) is 6.54 Å². The van der Waals surface area contributed by atoms with E-state index in [-0.39, 0.29) is 11.0 Å². The summed E-state index contributed by atoms with van der Waals surface area (Å²) in [4.78, 5) is 4.71. The summed E-state index contributed by atoms with van der Waals surface area (Å²) < 4.78 is 16.4. The highest BCUT2D eigenvalue weighted by Gasteiger charge is 2.34. The number of hydrogen-bond donors (Lipinski definition) is 2. The van der Waals surface area contributed by atoms with Crippen LogP contribution in [0.25, 0.3) is 0 Å². The highest BCUT2D eigenvalue weighted by Crippen LogP contribution is 2.35. The molecule has 0 radical (unpaired) electrons. The van der Waals surface area contributed by atoms with Crippen LogP contribution in [0.3, 0.4) is 0 Å². The molecular weight excluding hydrogens is 342 g/mol. The number of benzene rings is 1. The number of guanidine groups is 1. The molecule has 1 aliphatic rings. The molecule has 152 valence electrons. The lowest BCUT2D eigenvalue weighted by molar-refractivity contribution is 0.0310. The Bertz CT molecular complexity index is 593. The van der Waals surface area contributed by atoms with Crippen molar-refractivity contribution in [1.29, 1.82) is 0 Å². The third kappa shape index (κ3) is 6.11. The van der Waals surface area contributed by atoms with Crippen LogP contribution in [-0.2, 0) is 14.9 Å². The van der Waals surface area contributed by atoms with E-state index < -0.39 is 0 Å². The van der Waals surface area contributed by atoms with E-state index in [4.69, 9.17) is 19.2 Å². The van der Waals surface area contributed by atoms with Gasteiger partial charge in [0.05, 0.1) is 19.3 Å². The molecule has 1 fully saturated rings. The summed E-state index contributed by atoms with van der Waals surface area (Å²) in [5.41, 5.74) is 1.05. The van der Waals surface area contributed by atoms with Crippen LogP contribution in [0.15, 0.2) is 29.3 Å². The fraction of sp³-hybridized carbons (Fsp3) is 0.667. The SMILES string of the molecule is CCNC(=NCC(C)(C)OC)NCC1(c2ccc(OC)cc2)CCOCC1. The van der Waals surface area contributed by atoms with Gasteiger partial charge in [0.2, 0.25) is 0 Å². The number of hydrogen-bond acceptors (Lipinski definition) is 4. The van der Waals surface area contributed by atoms with E-state index in [1.165, 1.54) is 5.56 Å². The largest absolute Gasteiger partial charge is 0.497 e. The Kier molecular flexibility index (Phi) is 7.92. The monoisotopic (exact) mass is 377 g/mol. The highest BCUT2D eigenvalue weighted by molar-refractivity contribution is 5.80. The average molecular weight is 378 g/mol. The molecule has 6 nitrogen and oxygen atoms in total. The van der Waals surface area contributed by atoms with E-state index in [9.17, 15) is 0 Å². The topological polar surface area (TPSA) is 64.1 Å². The number of nitrogens with zero attached hydrogens (tertiary/aromatic N) is 1. The van der Waals surface area contributed by atoms with Gasteiger partial charge in [0.1, 0.15) is 5.75 Å². The lowest BCUT2D eigenvalue weighted by Gasteiger charge is -2.38. The molecule has 0 bridgehead atoms. The van der Waals surface area contributed by atoms with Gasteiger partial charge in [-0.05, 0) is 51.3 Å². The maximum absolute atomic E-state index is 5.64. The zero-order valence-corrected chi connectivity index (χ0v) is 17.4. The maximum Gasteiger partial charge on any atom is 0.191 e. The molecule has 0 atom stereocenters. The van der Waals surface area contributed by atoms with Crippen molar-refractivity contribution in [3.05, 3.63) is 29.8 Å². The van der Waals surface area contributed by atoms with Gasteiger partial charge in [0.15, 0.2) is 5.96 Å². The Morgan fingerprint density at radius 2 is 1.81 bits per heavy atom. The lowest BCUT2D eigenvalue weighted by atomic mass is 9.74. The Hall–Kier alpha value is -1.79. The minimum Gasteiger partial charge on any atom is -0.497 e. The third-order valence-electron chi connectivity index (χ3n) is 5.26. The zero-order chi connectivity index (χ0) is 19.8. The van der Waals surface area contributed by atoms with Gasteiger partial charge in [-0.15, -0.1) is 0 Å². The minimum absolute atomic E-state index is 0.0253. The smallest absolute Gasteiger partial charge is 0.191 e. The van der Waals surface area contributed by atoms with Crippen molar-refractivity contribution >= 4 is 5.96 Å². The predicted octanol–water partition coefficient (Wildman–Crippen LogP) is 2.72. The molecule has 1 aromatic rings. The van der Waals surface area contributed by atoms with Crippen molar-refractivity contribution in [2.45, 2.75) is 44.6 Å².